The number of amides is 2. The molecule has 0 aliphatic carbocycles. The van der Waals surface area contributed by atoms with Crippen molar-refractivity contribution in [1.82, 2.24) is 20.4 Å². The third-order valence-electron chi connectivity index (χ3n) is 4.92. The maximum absolute atomic E-state index is 12.3. The molecule has 2 amide bonds. The van der Waals surface area contributed by atoms with Gasteiger partial charge in [0.15, 0.2) is 0 Å². The van der Waals surface area contributed by atoms with Crippen LogP contribution in [0.2, 0.25) is 0 Å². The van der Waals surface area contributed by atoms with Crippen molar-refractivity contribution in [1.29, 1.82) is 0 Å². The van der Waals surface area contributed by atoms with Gasteiger partial charge in [-0.25, -0.2) is 4.79 Å². The van der Waals surface area contributed by atoms with E-state index in [1.807, 2.05) is 32.3 Å². The van der Waals surface area contributed by atoms with Crippen LogP contribution in [0.5, 0.6) is 0 Å². The van der Waals surface area contributed by atoms with Gasteiger partial charge < -0.3 is 20.4 Å². The molecule has 5 heteroatoms. The number of likely N-dealkylation sites (N-methyl/N-ethyl adjacent to an activating group) is 1. The molecule has 0 radical (unpaired) electrons. The van der Waals surface area contributed by atoms with Gasteiger partial charge in [-0.05, 0) is 64.3 Å². The fraction of sp³-hybridized carbons (Fsp3) is 0.667. The van der Waals surface area contributed by atoms with Gasteiger partial charge in [-0.3, -0.25) is 0 Å². The molecule has 146 valence electrons. The normalized spacial score (nSPS) is 19.3. The van der Waals surface area contributed by atoms with Crippen LogP contribution in [-0.4, -0.2) is 68.7 Å². The summed E-state index contributed by atoms with van der Waals surface area (Å²) >= 11 is 0. The number of likely N-dealkylation sites (tertiary alicyclic amines) is 1. The summed E-state index contributed by atoms with van der Waals surface area (Å²) in [6.07, 6.45) is 4.52. The lowest BCUT2D eigenvalue weighted by atomic mass is 10.0. The summed E-state index contributed by atoms with van der Waals surface area (Å²) < 4.78 is 0. The third kappa shape index (κ3) is 8.19. The Morgan fingerprint density at radius 3 is 2.77 bits per heavy atom. The van der Waals surface area contributed by atoms with Crippen molar-refractivity contribution in [2.24, 2.45) is 5.92 Å². The summed E-state index contributed by atoms with van der Waals surface area (Å²) in [5.74, 6) is 0.810. The van der Waals surface area contributed by atoms with Crippen molar-refractivity contribution < 1.29 is 4.79 Å². The van der Waals surface area contributed by atoms with Gasteiger partial charge in [-0.1, -0.05) is 37.3 Å². The molecule has 2 unspecified atom stereocenters. The molecule has 2 N–H and O–H groups in total. The van der Waals surface area contributed by atoms with Gasteiger partial charge in [0.1, 0.15) is 0 Å². The smallest absolute Gasteiger partial charge is 0.315 e. The lowest BCUT2D eigenvalue weighted by molar-refractivity contribution is 0.181. The Morgan fingerprint density at radius 2 is 2.08 bits per heavy atom. The predicted molar refractivity (Wildman–Crippen MR) is 108 cm³/mol. The fourth-order valence-electron chi connectivity index (χ4n) is 3.73. The molecule has 1 aromatic rings. The first kappa shape index (κ1) is 20.7. The van der Waals surface area contributed by atoms with E-state index in [2.05, 4.69) is 39.5 Å². The van der Waals surface area contributed by atoms with E-state index in [4.69, 9.17) is 0 Å². The maximum Gasteiger partial charge on any atom is 0.315 e. The van der Waals surface area contributed by atoms with Crippen molar-refractivity contribution in [2.45, 2.75) is 38.6 Å². The largest absolute Gasteiger partial charge is 0.338 e. The highest BCUT2D eigenvalue weighted by Gasteiger charge is 2.16. The average molecular weight is 361 g/mol. The van der Waals surface area contributed by atoms with Crippen LogP contribution in [0.3, 0.4) is 0 Å². The summed E-state index contributed by atoms with van der Waals surface area (Å²) in [5.41, 5.74) is 1.25. The number of benzene rings is 1. The van der Waals surface area contributed by atoms with Crippen LogP contribution in [0.15, 0.2) is 30.3 Å². The minimum absolute atomic E-state index is 0.0557. The predicted octanol–water partition coefficient (Wildman–Crippen LogP) is 2.58. The van der Waals surface area contributed by atoms with E-state index in [1.165, 1.54) is 31.5 Å². The molecule has 1 aliphatic heterocycles. The molecule has 1 heterocycles. The highest BCUT2D eigenvalue weighted by Crippen LogP contribution is 2.15. The lowest BCUT2D eigenvalue weighted by Gasteiger charge is -2.30. The van der Waals surface area contributed by atoms with E-state index in [0.717, 1.165) is 38.4 Å². The molecule has 0 aromatic heterocycles. The number of carbonyl (C=O) groups excluding carboxylic acids is 1. The molecule has 1 aliphatic rings. The lowest BCUT2D eigenvalue weighted by Crippen LogP contribution is -2.48. The second-order valence-corrected chi connectivity index (χ2v) is 7.95. The zero-order valence-corrected chi connectivity index (χ0v) is 16.7. The number of hydrogen-bond acceptors (Lipinski definition) is 3. The van der Waals surface area contributed by atoms with Crippen LogP contribution in [0.4, 0.5) is 4.79 Å². The van der Waals surface area contributed by atoms with Crippen molar-refractivity contribution in [2.75, 3.05) is 46.8 Å². The van der Waals surface area contributed by atoms with Crippen molar-refractivity contribution in [3.63, 3.8) is 0 Å². The Hall–Kier alpha value is -1.59. The number of nitrogens with zero attached hydrogens (tertiary/aromatic N) is 2. The molecule has 26 heavy (non-hydrogen) atoms. The zero-order chi connectivity index (χ0) is 18.8. The van der Waals surface area contributed by atoms with Gasteiger partial charge in [0.05, 0.1) is 0 Å². The van der Waals surface area contributed by atoms with E-state index >= 15 is 0 Å². The topological polar surface area (TPSA) is 47.6 Å². The Labute approximate surface area is 159 Å². The minimum atomic E-state index is -0.0557. The standard InChI is InChI=1S/C21H36N4O/c1-18-9-7-13-25(16-18)14-8-12-22-21(26)23-20(17-24(2)3)15-19-10-5-4-6-11-19/h4-6,10-11,18,20H,7-9,12-17H2,1-3H3,(H2,22,23,26). The van der Waals surface area contributed by atoms with E-state index in [-0.39, 0.29) is 12.1 Å². The first-order chi connectivity index (χ1) is 12.5. The number of hydrogen-bond donors (Lipinski definition) is 2. The molecular weight excluding hydrogens is 324 g/mol. The van der Waals surface area contributed by atoms with Crippen LogP contribution in [0, 0.1) is 5.92 Å². The van der Waals surface area contributed by atoms with E-state index in [0.29, 0.717) is 0 Å². The van der Waals surface area contributed by atoms with Gasteiger partial charge in [0, 0.05) is 25.7 Å². The molecule has 1 aromatic carbocycles. The van der Waals surface area contributed by atoms with Gasteiger partial charge >= 0.3 is 6.03 Å². The van der Waals surface area contributed by atoms with Crippen LogP contribution in [-0.2, 0) is 6.42 Å². The second-order valence-electron chi connectivity index (χ2n) is 7.95. The Balaban J connectivity index is 1.69. The minimum Gasteiger partial charge on any atom is -0.338 e. The first-order valence-corrected chi connectivity index (χ1v) is 9.98. The van der Waals surface area contributed by atoms with Crippen LogP contribution in [0.25, 0.3) is 0 Å². The van der Waals surface area contributed by atoms with E-state index in [9.17, 15) is 4.79 Å². The average Bonchev–Trinajstić information content (AvgIpc) is 2.59. The number of carbonyl (C=O) groups is 1. The first-order valence-electron chi connectivity index (χ1n) is 9.98. The van der Waals surface area contributed by atoms with Gasteiger partial charge in [-0.15, -0.1) is 0 Å². The number of piperidine rings is 1. The monoisotopic (exact) mass is 360 g/mol. The second kappa shape index (κ2) is 11.2. The molecule has 0 bridgehead atoms. The SMILES string of the molecule is CC1CCCN(CCCNC(=O)NC(Cc2ccccc2)CN(C)C)C1. The molecule has 1 fully saturated rings. The molecule has 2 rings (SSSR count). The number of rotatable bonds is 9. The van der Waals surface area contributed by atoms with Gasteiger partial charge in [0.2, 0.25) is 0 Å². The molecule has 0 saturated carbocycles. The van der Waals surface area contributed by atoms with Crippen molar-refractivity contribution >= 4 is 6.03 Å². The summed E-state index contributed by atoms with van der Waals surface area (Å²) in [5, 5.41) is 6.16. The summed E-state index contributed by atoms with van der Waals surface area (Å²) in [6, 6.07) is 10.4. The van der Waals surface area contributed by atoms with Crippen LogP contribution in [0.1, 0.15) is 31.7 Å². The zero-order valence-electron chi connectivity index (χ0n) is 16.7. The Kier molecular flexibility index (Phi) is 8.92. The van der Waals surface area contributed by atoms with Crippen molar-refractivity contribution in [3.05, 3.63) is 35.9 Å². The summed E-state index contributed by atoms with van der Waals surface area (Å²) in [6.45, 7) is 7.38. The third-order valence-corrected chi connectivity index (χ3v) is 4.92. The van der Waals surface area contributed by atoms with Gasteiger partial charge in [-0.2, -0.15) is 0 Å². The van der Waals surface area contributed by atoms with Crippen molar-refractivity contribution in [3.8, 4) is 0 Å². The molecular formula is C21H36N4O. The Morgan fingerprint density at radius 1 is 1.31 bits per heavy atom. The maximum atomic E-state index is 12.3. The summed E-state index contributed by atoms with van der Waals surface area (Å²) in [7, 11) is 4.08. The fourth-order valence-corrected chi connectivity index (χ4v) is 3.73. The van der Waals surface area contributed by atoms with Gasteiger partial charge in [0.25, 0.3) is 0 Å². The quantitative estimate of drug-likeness (QED) is 0.666. The van der Waals surface area contributed by atoms with E-state index in [1.54, 1.807) is 0 Å². The number of urea groups is 1. The Bertz CT molecular complexity index is 520. The molecule has 2 atom stereocenters. The highest BCUT2D eigenvalue weighted by atomic mass is 16.2. The van der Waals surface area contributed by atoms with Crippen LogP contribution < -0.4 is 10.6 Å². The molecule has 5 nitrogen and oxygen atoms in total. The van der Waals surface area contributed by atoms with E-state index < -0.39 is 0 Å². The highest BCUT2D eigenvalue weighted by molar-refractivity contribution is 5.74. The number of nitrogens with one attached hydrogen (secondary N) is 2. The summed E-state index contributed by atoms with van der Waals surface area (Å²) in [4.78, 5) is 16.9. The molecule has 0 spiro atoms. The molecule has 1 saturated heterocycles. The van der Waals surface area contributed by atoms with Crippen LogP contribution >= 0.6 is 0 Å².